The molecule has 0 amide bonds. The first-order valence-corrected chi connectivity index (χ1v) is 12.4. The number of esters is 2. The van der Waals surface area contributed by atoms with Crippen molar-refractivity contribution >= 4 is 33.5 Å². The van der Waals surface area contributed by atoms with E-state index in [1.807, 2.05) is 61.5 Å². The van der Waals surface area contributed by atoms with Gasteiger partial charge in [0.05, 0.1) is 30.6 Å². The van der Waals surface area contributed by atoms with Crippen molar-refractivity contribution in [1.82, 2.24) is 5.32 Å². The molecule has 0 unspecified atom stereocenters. The fraction of sp³-hybridized carbons (Fsp3) is 0.333. The highest BCUT2D eigenvalue weighted by Gasteiger charge is 2.65. The lowest BCUT2D eigenvalue weighted by Gasteiger charge is -2.31. The number of hydrogen-bond donors (Lipinski definition) is 1. The van der Waals surface area contributed by atoms with E-state index in [9.17, 15) is 13.8 Å². The van der Waals surface area contributed by atoms with Crippen LogP contribution in [-0.2, 0) is 29.9 Å². The molecular formula is C27H29NO5S. The van der Waals surface area contributed by atoms with E-state index in [-0.39, 0.29) is 13.0 Å². The Morgan fingerprint density at radius 3 is 2.35 bits per heavy atom. The predicted molar refractivity (Wildman–Crippen MR) is 132 cm³/mol. The smallest absolute Gasteiger partial charge is 0.327 e. The minimum Gasteiger partial charge on any atom is -0.468 e. The Bertz CT molecular complexity index is 1260. The van der Waals surface area contributed by atoms with Crippen LogP contribution in [-0.4, -0.2) is 40.2 Å². The topological polar surface area (TPSA) is 81.7 Å². The van der Waals surface area contributed by atoms with Crippen molar-refractivity contribution in [2.75, 3.05) is 13.7 Å². The van der Waals surface area contributed by atoms with Gasteiger partial charge in [-0.2, -0.15) is 0 Å². The summed E-state index contributed by atoms with van der Waals surface area (Å²) in [5.41, 5.74) is 0.526. The van der Waals surface area contributed by atoms with Gasteiger partial charge in [0.1, 0.15) is 5.54 Å². The van der Waals surface area contributed by atoms with Gasteiger partial charge in [0.25, 0.3) is 0 Å². The van der Waals surface area contributed by atoms with Crippen LogP contribution in [0.25, 0.3) is 10.8 Å². The number of carbonyl (C=O) groups excluding carboxylic acids is 2. The Labute approximate surface area is 202 Å². The van der Waals surface area contributed by atoms with E-state index < -0.39 is 39.1 Å². The average Bonchev–Trinajstić information content (AvgIpc) is 3.19. The zero-order valence-electron chi connectivity index (χ0n) is 19.8. The van der Waals surface area contributed by atoms with Crippen molar-refractivity contribution in [2.24, 2.45) is 0 Å². The van der Waals surface area contributed by atoms with Gasteiger partial charge in [-0.25, -0.2) is 0 Å². The lowest BCUT2D eigenvalue weighted by atomic mass is 9.88. The van der Waals surface area contributed by atoms with Crippen LogP contribution in [0.2, 0.25) is 0 Å². The number of fused-ring (bicyclic) bond motifs is 1. The number of hydrogen-bond acceptors (Lipinski definition) is 6. The molecule has 1 saturated heterocycles. The first-order chi connectivity index (χ1) is 16.2. The Kier molecular flexibility index (Phi) is 6.60. The Hall–Kier alpha value is -3.03. The number of rotatable bonds is 6. The second-order valence-electron chi connectivity index (χ2n) is 8.88. The van der Waals surface area contributed by atoms with Gasteiger partial charge in [0.2, 0.25) is 0 Å². The quantitative estimate of drug-likeness (QED) is 0.533. The highest BCUT2D eigenvalue weighted by molar-refractivity contribution is 7.87. The fourth-order valence-electron chi connectivity index (χ4n) is 4.76. The van der Waals surface area contributed by atoms with Gasteiger partial charge < -0.3 is 9.47 Å². The molecule has 6 nitrogen and oxygen atoms in total. The van der Waals surface area contributed by atoms with Crippen LogP contribution >= 0.6 is 0 Å². The molecule has 34 heavy (non-hydrogen) atoms. The number of benzene rings is 3. The van der Waals surface area contributed by atoms with Crippen molar-refractivity contribution in [1.29, 1.82) is 0 Å². The molecule has 0 saturated carbocycles. The van der Waals surface area contributed by atoms with E-state index in [0.29, 0.717) is 4.90 Å². The van der Waals surface area contributed by atoms with Gasteiger partial charge in [-0.15, -0.1) is 0 Å². The molecule has 1 aliphatic rings. The summed E-state index contributed by atoms with van der Waals surface area (Å²) in [6, 6.07) is 20.2. The Morgan fingerprint density at radius 2 is 1.71 bits per heavy atom. The fourth-order valence-corrected chi connectivity index (χ4v) is 6.63. The van der Waals surface area contributed by atoms with Gasteiger partial charge in [-0.1, -0.05) is 54.1 Å². The minimum atomic E-state index is -1.83. The maximum absolute atomic E-state index is 14.2. The normalized spacial score (nSPS) is 25.1. The van der Waals surface area contributed by atoms with Gasteiger partial charge >= 0.3 is 11.9 Å². The van der Waals surface area contributed by atoms with E-state index in [1.165, 1.54) is 7.11 Å². The van der Waals surface area contributed by atoms with Crippen molar-refractivity contribution in [3.8, 4) is 0 Å². The van der Waals surface area contributed by atoms with Gasteiger partial charge in [0, 0.05) is 11.3 Å². The lowest BCUT2D eigenvalue weighted by Crippen LogP contribution is -2.48. The third-order valence-corrected chi connectivity index (χ3v) is 8.38. The first kappa shape index (κ1) is 24.1. The summed E-state index contributed by atoms with van der Waals surface area (Å²) < 4.78 is 23.3. The van der Waals surface area contributed by atoms with Gasteiger partial charge in [-0.05, 0) is 55.3 Å². The molecule has 3 aromatic rings. The van der Waals surface area contributed by atoms with Crippen LogP contribution in [0.15, 0.2) is 71.6 Å². The predicted octanol–water partition coefficient (Wildman–Crippen LogP) is 4.22. The van der Waals surface area contributed by atoms with E-state index >= 15 is 0 Å². The molecule has 1 aliphatic heterocycles. The Morgan fingerprint density at radius 1 is 1.03 bits per heavy atom. The van der Waals surface area contributed by atoms with Crippen LogP contribution in [0.4, 0.5) is 0 Å². The zero-order valence-corrected chi connectivity index (χ0v) is 20.6. The molecule has 0 radical (unpaired) electrons. The highest BCUT2D eigenvalue weighted by Crippen LogP contribution is 2.48. The van der Waals surface area contributed by atoms with Crippen LogP contribution in [0, 0.1) is 6.92 Å². The number of carbonyl (C=O) groups is 2. The molecule has 0 bridgehead atoms. The molecule has 0 aromatic heterocycles. The summed E-state index contributed by atoms with van der Waals surface area (Å²) in [7, 11) is -0.546. The van der Waals surface area contributed by atoms with Crippen molar-refractivity contribution in [3.05, 3.63) is 77.9 Å². The molecule has 0 aliphatic carbocycles. The first-order valence-electron chi connectivity index (χ1n) is 11.3. The summed E-state index contributed by atoms with van der Waals surface area (Å²) >= 11 is 0. The molecule has 0 spiro atoms. The standard InChI is InChI=1S/C27H29NO5S/c1-5-33-24(29)26(3)17-27(25(30)32-4,34(31)22-14-10-18(2)11-15-22)23(28-26)21-13-12-19-8-6-7-9-20(19)16-21/h6-16,23,28H,5,17H2,1-4H3/t23-,26+,27+,34-/m1/s1. The van der Waals surface area contributed by atoms with Crippen LogP contribution in [0.3, 0.4) is 0 Å². The van der Waals surface area contributed by atoms with Crippen molar-refractivity contribution < 1.29 is 23.3 Å². The molecule has 1 N–H and O–H groups in total. The zero-order chi connectivity index (χ0) is 24.5. The third kappa shape index (κ3) is 4.03. The molecule has 178 valence electrons. The van der Waals surface area contributed by atoms with Gasteiger partial charge in [0.15, 0.2) is 4.75 Å². The largest absolute Gasteiger partial charge is 0.468 e. The average molecular weight is 480 g/mol. The van der Waals surface area contributed by atoms with Crippen LogP contribution in [0.5, 0.6) is 0 Å². The van der Waals surface area contributed by atoms with Crippen molar-refractivity contribution in [3.63, 3.8) is 0 Å². The second kappa shape index (κ2) is 9.31. The molecule has 7 heteroatoms. The summed E-state index contributed by atoms with van der Waals surface area (Å²) in [5.74, 6) is -1.13. The van der Waals surface area contributed by atoms with Crippen LogP contribution < -0.4 is 5.32 Å². The summed E-state index contributed by atoms with van der Waals surface area (Å²) in [5, 5.41) is 5.35. The van der Waals surface area contributed by atoms with E-state index in [0.717, 1.165) is 21.9 Å². The lowest BCUT2D eigenvalue weighted by molar-refractivity contribution is -0.150. The molecule has 3 aromatic carbocycles. The molecule has 1 heterocycles. The molecule has 4 atom stereocenters. The van der Waals surface area contributed by atoms with E-state index in [4.69, 9.17) is 9.47 Å². The molecule has 1 fully saturated rings. The van der Waals surface area contributed by atoms with Crippen molar-refractivity contribution in [2.45, 2.75) is 48.4 Å². The monoisotopic (exact) mass is 479 g/mol. The summed E-state index contributed by atoms with van der Waals surface area (Å²) in [6.45, 7) is 5.56. The number of methoxy groups -OCH3 is 1. The highest BCUT2D eigenvalue weighted by atomic mass is 32.2. The SMILES string of the molecule is CCOC(=O)[C@]1(C)C[C@](C(=O)OC)([S@](=O)c2ccc(C)cc2)[C@@H](c2ccc3ccccc3c2)N1. The summed E-state index contributed by atoms with van der Waals surface area (Å²) in [6.07, 6.45) is -0.0382. The third-order valence-electron chi connectivity index (χ3n) is 6.48. The second-order valence-corrected chi connectivity index (χ2v) is 10.6. The van der Waals surface area contributed by atoms with Gasteiger partial charge in [-0.3, -0.25) is 19.1 Å². The number of ether oxygens (including phenoxy) is 2. The minimum absolute atomic E-state index is 0.0382. The van der Waals surface area contributed by atoms with E-state index in [2.05, 4.69) is 5.32 Å². The maximum atomic E-state index is 14.2. The maximum Gasteiger partial charge on any atom is 0.327 e. The van der Waals surface area contributed by atoms with E-state index in [1.54, 1.807) is 26.0 Å². The molecular weight excluding hydrogens is 450 g/mol. The molecule has 4 rings (SSSR count). The number of aryl methyl sites for hydroxylation is 1. The number of nitrogens with one attached hydrogen (secondary N) is 1. The van der Waals surface area contributed by atoms with Crippen LogP contribution in [0.1, 0.15) is 37.4 Å². The Balaban J connectivity index is 1.92. The summed E-state index contributed by atoms with van der Waals surface area (Å²) in [4.78, 5) is 27.0.